The molecule has 1 amide bonds. The fourth-order valence-electron chi connectivity index (χ4n) is 1.10. The van der Waals surface area contributed by atoms with E-state index in [0.717, 1.165) is 5.56 Å². The molecule has 0 spiro atoms. The van der Waals surface area contributed by atoms with E-state index in [0.29, 0.717) is 5.56 Å². The molecule has 16 heavy (non-hydrogen) atoms. The first kappa shape index (κ1) is 12.6. The molecule has 1 heterocycles. The molecule has 0 unspecified atom stereocenters. The molecule has 0 bridgehead atoms. The largest absolute Gasteiger partial charge is 0.391 e. The highest BCUT2D eigenvalue weighted by Gasteiger charge is 2.24. The fraction of sp³-hybridized carbons (Fsp3) is 0.364. The van der Waals surface area contributed by atoms with Crippen LogP contribution in [-0.2, 0) is 0 Å². The lowest BCUT2D eigenvalue weighted by Gasteiger charge is -2.24. The van der Waals surface area contributed by atoms with Crippen LogP contribution in [0.1, 0.15) is 29.8 Å². The number of hydrogen-bond donors (Lipinski definition) is 2. The maximum Gasteiger partial charge on any atom is 0.253 e. The van der Waals surface area contributed by atoms with E-state index in [2.05, 4.69) is 10.3 Å². The van der Waals surface area contributed by atoms with Gasteiger partial charge in [-0.25, -0.2) is 0 Å². The van der Waals surface area contributed by atoms with Crippen molar-refractivity contribution in [1.82, 2.24) is 10.3 Å². The molecule has 5 heteroatoms. The summed E-state index contributed by atoms with van der Waals surface area (Å²) >= 11 is 4.87. The number of aromatic nitrogens is 1. The molecular weight excluding hydrogens is 222 g/mol. The number of aryl methyl sites for hydroxylation is 1. The Balaban J connectivity index is 2.85. The number of rotatable bonds is 3. The van der Waals surface area contributed by atoms with Crippen LogP contribution in [0.3, 0.4) is 0 Å². The summed E-state index contributed by atoms with van der Waals surface area (Å²) in [6.07, 6.45) is 3.20. The van der Waals surface area contributed by atoms with Gasteiger partial charge in [-0.3, -0.25) is 9.78 Å². The zero-order chi connectivity index (χ0) is 12.3. The van der Waals surface area contributed by atoms with Crippen molar-refractivity contribution >= 4 is 23.1 Å². The monoisotopic (exact) mass is 237 g/mol. The molecule has 0 saturated carbocycles. The summed E-state index contributed by atoms with van der Waals surface area (Å²) in [5.41, 5.74) is 6.26. The van der Waals surface area contributed by atoms with Crippen molar-refractivity contribution in [1.29, 1.82) is 0 Å². The predicted molar refractivity (Wildman–Crippen MR) is 67.3 cm³/mol. The highest BCUT2D eigenvalue weighted by atomic mass is 32.1. The third kappa shape index (κ3) is 3.00. The van der Waals surface area contributed by atoms with Gasteiger partial charge in [0, 0.05) is 12.4 Å². The van der Waals surface area contributed by atoms with Gasteiger partial charge in [-0.05, 0) is 32.4 Å². The number of thiocarbonyl (C=S) groups is 1. The van der Waals surface area contributed by atoms with Crippen LogP contribution < -0.4 is 11.1 Å². The summed E-state index contributed by atoms with van der Waals surface area (Å²) in [6, 6.07) is 1.76. The Morgan fingerprint density at radius 3 is 2.62 bits per heavy atom. The van der Waals surface area contributed by atoms with E-state index in [-0.39, 0.29) is 10.9 Å². The number of nitrogens with zero attached hydrogens (tertiary/aromatic N) is 1. The van der Waals surface area contributed by atoms with Gasteiger partial charge in [0.1, 0.15) is 0 Å². The molecule has 0 radical (unpaired) electrons. The fourth-order valence-corrected chi connectivity index (χ4v) is 1.15. The normalized spacial score (nSPS) is 10.9. The second-order valence-electron chi connectivity index (χ2n) is 4.19. The highest BCUT2D eigenvalue weighted by molar-refractivity contribution is 7.80. The number of nitrogens with two attached hydrogens (primary N) is 1. The van der Waals surface area contributed by atoms with Crippen LogP contribution >= 0.6 is 12.2 Å². The van der Waals surface area contributed by atoms with Gasteiger partial charge in [0.25, 0.3) is 5.91 Å². The van der Waals surface area contributed by atoms with Crippen LogP contribution in [0, 0.1) is 6.92 Å². The Morgan fingerprint density at radius 2 is 2.12 bits per heavy atom. The van der Waals surface area contributed by atoms with E-state index in [4.69, 9.17) is 18.0 Å². The van der Waals surface area contributed by atoms with E-state index in [9.17, 15) is 4.79 Å². The maximum atomic E-state index is 11.9. The minimum atomic E-state index is -0.698. The second kappa shape index (κ2) is 4.57. The molecule has 1 rings (SSSR count). The summed E-state index contributed by atoms with van der Waals surface area (Å²) in [6.45, 7) is 5.40. The van der Waals surface area contributed by atoms with Crippen LogP contribution in [0.2, 0.25) is 0 Å². The Bertz CT molecular complexity index is 429. The van der Waals surface area contributed by atoms with Crippen molar-refractivity contribution in [2.75, 3.05) is 0 Å². The highest BCUT2D eigenvalue weighted by Crippen LogP contribution is 2.06. The van der Waals surface area contributed by atoms with Gasteiger partial charge >= 0.3 is 0 Å². The van der Waals surface area contributed by atoms with E-state index < -0.39 is 5.54 Å². The van der Waals surface area contributed by atoms with Gasteiger partial charge in [0.2, 0.25) is 0 Å². The van der Waals surface area contributed by atoms with Gasteiger partial charge in [-0.1, -0.05) is 12.2 Å². The predicted octanol–water partition coefficient (Wildman–Crippen LogP) is 1.18. The van der Waals surface area contributed by atoms with Crippen LogP contribution in [0.15, 0.2) is 18.5 Å². The van der Waals surface area contributed by atoms with Gasteiger partial charge in [0.05, 0.1) is 16.1 Å². The van der Waals surface area contributed by atoms with E-state index >= 15 is 0 Å². The number of carbonyl (C=O) groups is 1. The molecule has 4 nitrogen and oxygen atoms in total. The van der Waals surface area contributed by atoms with Gasteiger partial charge in [-0.2, -0.15) is 0 Å². The summed E-state index contributed by atoms with van der Waals surface area (Å²) in [5, 5.41) is 2.75. The van der Waals surface area contributed by atoms with Crippen molar-refractivity contribution in [3.8, 4) is 0 Å². The molecule has 0 aliphatic carbocycles. The Hall–Kier alpha value is -1.49. The first-order valence-electron chi connectivity index (χ1n) is 4.87. The molecule has 3 N–H and O–H groups in total. The first-order valence-corrected chi connectivity index (χ1v) is 5.28. The van der Waals surface area contributed by atoms with Crippen LogP contribution in [-0.4, -0.2) is 21.4 Å². The van der Waals surface area contributed by atoms with Crippen molar-refractivity contribution in [2.45, 2.75) is 26.3 Å². The second-order valence-corrected chi connectivity index (χ2v) is 4.63. The molecule has 0 saturated heterocycles. The van der Waals surface area contributed by atoms with Gasteiger partial charge in [0.15, 0.2) is 0 Å². The third-order valence-corrected chi connectivity index (χ3v) is 2.69. The number of pyridine rings is 1. The van der Waals surface area contributed by atoms with E-state index in [1.807, 2.05) is 6.92 Å². The van der Waals surface area contributed by atoms with Crippen LogP contribution in [0.4, 0.5) is 0 Å². The minimum Gasteiger partial charge on any atom is -0.391 e. The quantitative estimate of drug-likeness (QED) is 0.775. The molecule has 0 atom stereocenters. The standard InChI is InChI=1S/C11H15N3OS/c1-7-4-8(6-13-5-7)9(15)14-11(2,3)10(12)16/h4-6H,1-3H3,(H2,12,16)(H,14,15). The van der Waals surface area contributed by atoms with Crippen molar-refractivity contribution in [2.24, 2.45) is 5.73 Å². The molecule has 0 aliphatic rings. The molecule has 1 aromatic heterocycles. The molecule has 1 aromatic rings. The van der Waals surface area contributed by atoms with E-state index in [1.54, 1.807) is 26.1 Å². The van der Waals surface area contributed by atoms with Gasteiger partial charge < -0.3 is 11.1 Å². The number of nitrogens with one attached hydrogen (secondary N) is 1. The number of amides is 1. The topological polar surface area (TPSA) is 68.0 Å². The third-order valence-electron chi connectivity index (χ3n) is 2.18. The lowest BCUT2D eigenvalue weighted by Crippen LogP contribution is -2.52. The Morgan fingerprint density at radius 1 is 1.50 bits per heavy atom. The lowest BCUT2D eigenvalue weighted by molar-refractivity contribution is 0.0932. The Labute approximate surface area is 100 Å². The SMILES string of the molecule is Cc1cncc(C(=O)NC(C)(C)C(N)=S)c1. The summed E-state index contributed by atoms with van der Waals surface area (Å²) in [7, 11) is 0. The molecule has 86 valence electrons. The molecule has 0 fully saturated rings. The average molecular weight is 237 g/mol. The van der Waals surface area contributed by atoms with Crippen molar-refractivity contribution in [3.05, 3.63) is 29.6 Å². The lowest BCUT2D eigenvalue weighted by atomic mass is 10.1. The van der Waals surface area contributed by atoms with Gasteiger partial charge in [-0.15, -0.1) is 0 Å². The van der Waals surface area contributed by atoms with Crippen molar-refractivity contribution in [3.63, 3.8) is 0 Å². The smallest absolute Gasteiger partial charge is 0.253 e. The average Bonchev–Trinajstić information content (AvgIpc) is 2.16. The zero-order valence-corrected chi connectivity index (χ0v) is 10.4. The molecule has 0 aliphatic heterocycles. The zero-order valence-electron chi connectivity index (χ0n) is 9.57. The summed E-state index contributed by atoms with van der Waals surface area (Å²) in [4.78, 5) is 16.1. The minimum absolute atomic E-state index is 0.228. The number of hydrogen-bond acceptors (Lipinski definition) is 3. The van der Waals surface area contributed by atoms with Crippen molar-refractivity contribution < 1.29 is 4.79 Å². The number of carbonyl (C=O) groups excluding carboxylic acids is 1. The maximum absolute atomic E-state index is 11.9. The first-order chi connectivity index (χ1) is 7.33. The Kier molecular flexibility index (Phi) is 3.59. The summed E-state index contributed by atoms with van der Waals surface area (Å²) in [5.74, 6) is -0.228. The van der Waals surface area contributed by atoms with Crippen LogP contribution in [0.25, 0.3) is 0 Å². The molecule has 0 aromatic carbocycles. The van der Waals surface area contributed by atoms with Crippen LogP contribution in [0.5, 0.6) is 0 Å². The van der Waals surface area contributed by atoms with E-state index in [1.165, 1.54) is 6.20 Å². The molecular formula is C11H15N3OS. The summed E-state index contributed by atoms with van der Waals surface area (Å²) < 4.78 is 0.